The van der Waals surface area contributed by atoms with Gasteiger partial charge in [-0.25, -0.2) is 0 Å². The molecule has 4 nitrogen and oxygen atoms in total. The van der Waals surface area contributed by atoms with Gasteiger partial charge >= 0.3 is 0 Å². The first-order valence-corrected chi connectivity index (χ1v) is 10.0. The summed E-state index contributed by atoms with van der Waals surface area (Å²) in [7, 11) is 0. The Kier molecular flexibility index (Phi) is 5.87. The SMILES string of the molecule is CCN1CCN(Cc2ccc(CNCc3cc4ccccc4o3)cc2)CC1. The first-order chi connectivity index (χ1) is 13.3. The maximum absolute atomic E-state index is 5.85. The van der Waals surface area contributed by atoms with E-state index in [2.05, 4.69) is 58.4 Å². The van der Waals surface area contributed by atoms with Crippen molar-refractivity contribution in [1.29, 1.82) is 0 Å². The van der Waals surface area contributed by atoms with Gasteiger partial charge in [-0.15, -0.1) is 0 Å². The Balaban J connectivity index is 1.24. The zero-order valence-electron chi connectivity index (χ0n) is 16.2. The molecular formula is C23H29N3O. The number of likely N-dealkylation sites (N-methyl/N-ethyl adjacent to an activating group) is 1. The van der Waals surface area contributed by atoms with Crippen molar-refractivity contribution in [3.05, 3.63) is 71.5 Å². The molecule has 4 rings (SSSR count). The molecule has 27 heavy (non-hydrogen) atoms. The summed E-state index contributed by atoms with van der Waals surface area (Å²) in [6.45, 7) is 10.8. The molecule has 0 saturated carbocycles. The minimum absolute atomic E-state index is 0.748. The van der Waals surface area contributed by atoms with E-state index in [0.29, 0.717) is 0 Å². The Morgan fingerprint density at radius 3 is 2.30 bits per heavy atom. The van der Waals surface area contributed by atoms with Gasteiger partial charge in [0.15, 0.2) is 0 Å². The highest BCUT2D eigenvalue weighted by molar-refractivity contribution is 5.77. The Morgan fingerprint density at radius 1 is 0.852 bits per heavy atom. The van der Waals surface area contributed by atoms with Crippen molar-refractivity contribution in [3.63, 3.8) is 0 Å². The lowest BCUT2D eigenvalue weighted by Gasteiger charge is -2.34. The Hall–Kier alpha value is -2.14. The normalized spacial score (nSPS) is 16.2. The molecule has 0 radical (unpaired) electrons. The number of hydrogen-bond donors (Lipinski definition) is 1. The second-order valence-electron chi connectivity index (χ2n) is 7.38. The van der Waals surface area contributed by atoms with Crippen molar-refractivity contribution < 1.29 is 4.42 Å². The predicted octanol–water partition coefficient (Wildman–Crippen LogP) is 3.86. The zero-order chi connectivity index (χ0) is 18.5. The van der Waals surface area contributed by atoms with E-state index >= 15 is 0 Å². The average molecular weight is 364 g/mol. The number of furan rings is 1. The molecule has 0 aliphatic carbocycles. The number of nitrogens with zero attached hydrogens (tertiary/aromatic N) is 2. The van der Waals surface area contributed by atoms with Crippen LogP contribution in [-0.4, -0.2) is 42.5 Å². The van der Waals surface area contributed by atoms with Gasteiger partial charge in [0.1, 0.15) is 11.3 Å². The quantitative estimate of drug-likeness (QED) is 0.691. The Bertz CT molecular complexity index is 814. The fourth-order valence-electron chi connectivity index (χ4n) is 3.74. The molecule has 2 heterocycles. The van der Waals surface area contributed by atoms with E-state index in [4.69, 9.17) is 4.42 Å². The summed E-state index contributed by atoms with van der Waals surface area (Å²) in [5, 5.41) is 4.65. The van der Waals surface area contributed by atoms with Crippen LogP contribution in [0.5, 0.6) is 0 Å². The average Bonchev–Trinajstić information content (AvgIpc) is 3.13. The lowest BCUT2D eigenvalue weighted by molar-refractivity contribution is 0.132. The van der Waals surface area contributed by atoms with Crippen molar-refractivity contribution in [3.8, 4) is 0 Å². The first-order valence-electron chi connectivity index (χ1n) is 10.0. The van der Waals surface area contributed by atoms with E-state index < -0.39 is 0 Å². The van der Waals surface area contributed by atoms with E-state index in [9.17, 15) is 0 Å². The highest BCUT2D eigenvalue weighted by Crippen LogP contribution is 2.18. The van der Waals surface area contributed by atoms with Crippen molar-refractivity contribution in [2.45, 2.75) is 26.6 Å². The van der Waals surface area contributed by atoms with E-state index in [1.54, 1.807) is 0 Å². The first kappa shape index (κ1) is 18.2. The van der Waals surface area contributed by atoms with Crippen molar-refractivity contribution >= 4 is 11.0 Å². The van der Waals surface area contributed by atoms with E-state index in [-0.39, 0.29) is 0 Å². The third-order valence-corrected chi connectivity index (χ3v) is 5.45. The van der Waals surface area contributed by atoms with Crippen LogP contribution in [0.3, 0.4) is 0 Å². The zero-order valence-corrected chi connectivity index (χ0v) is 16.2. The Morgan fingerprint density at radius 2 is 1.56 bits per heavy atom. The minimum atomic E-state index is 0.748. The molecule has 0 spiro atoms. The second-order valence-corrected chi connectivity index (χ2v) is 7.38. The lowest BCUT2D eigenvalue weighted by atomic mass is 10.1. The molecule has 1 aromatic heterocycles. The van der Waals surface area contributed by atoms with Crippen LogP contribution in [-0.2, 0) is 19.6 Å². The monoisotopic (exact) mass is 363 g/mol. The van der Waals surface area contributed by atoms with Crippen LogP contribution in [0.4, 0.5) is 0 Å². The molecule has 0 bridgehead atoms. The van der Waals surface area contributed by atoms with Gasteiger partial charge in [-0.05, 0) is 29.8 Å². The third-order valence-electron chi connectivity index (χ3n) is 5.45. The number of rotatable bonds is 7. The van der Waals surface area contributed by atoms with Crippen LogP contribution in [0, 0.1) is 0 Å². The van der Waals surface area contributed by atoms with Crippen LogP contribution < -0.4 is 5.32 Å². The highest BCUT2D eigenvalue weighted by atomic mass is 16.3. The molecule has 1 N–H and O–H groups in total. The number of benzene rings is 2. The van der Waals surface area contributed by atoms with Gasteiger partial charge in [-0.3, -0.25) is 4.90 Å². The molecule has 2 aromatic carbocycles. The third kappa shape index (κ3) is 4.78. The minimum Gasteiger partial charge on any atom is -0.460 e. The highest BCUT2D eigenvalue weighted by Gasteiger charge is 2.15. The molecule has 0 atom stereocenters. The van der Waals surface area contributed by atoms with Gasteiger partial charge in [0, 0.05) is 44.7 Å². The summed E-state index contributed by atoms with van der Waals surface area (Å²) in [6.07, 6.45) is 0. The topological polar surface area (TPSA) is 31.6 Å². The summed E-state index contributed by atoms with van der Waals surface area (Å²) in [4.78, 5) is 5.08. The van der Waals surface area contributed by atoms with Gasteiger partial charge in [-0.2, -0.15) is 0 Å². The van der Waals surface area contributed by atoms with Gasteiger partial charge in [0.2, 0.25) is 0 Å². The largest absolute Gasteiger partial charge is 0.460 e. The lowest BCUT2D eigenvalue weighted by Crippen LogP contribution is -2.45. The maximum atomic E-state index is 5.85. The smallest absolute Gasteiger partial charge is 0.134 e. The van der Waals surface area contributed by atoms with Crippen LogP contribution in [0.1, 0.15) is 23.8 Å². The molecule has 1 fully saturated rings. The van der Waals surface area contributed by atoms with Crippen molar-refractivity contribution in [2.75, 3.05) is 32.7 Å². The van der Waals surface area contributed by atoms with E-state index in [0.717, 1.165) is 31.0 Å². The fraction of sp³-hybridized carbons (Fsp3) is 0.391. The standard InChI is InChI=1S/C23H29N3O/c1-2-25-11-13-26(14-12-25)18-20-9-7-19(8-10-20)16-24-17-22-15-21-5-3-4-6-23(21)27-22/h3-10,15,24H,2,11-14,16-18H2,1H3. The molecule has 1 aliphatic heterocycles. The Labute approximate surface area is 161 Å². The number of piperazine rings is 1. The van der Waals surface area contributed by atoms with Crippen LogP contribution in [0.2, 0.25) is 0 Å². The van der Waals surface area contributed by atoms with E-state index in [1.165, 1.54) is 49.2 Å². The molecule has 0 amide bonds. The summed E-state index contributed by atoms with van der Waals surface area (Å²) in [5.74, 6) is 0.985. The summed E-state index contributed by atoms with van der Waals surface area (Å²) in [5.41, 5.74) is 3.67. The van der Waals surface area contributed by atoms with Gasteiger partial charge in [0.05, 0.1) is 6.54 Å². The summed E-state index contributed by atoms with van der Waals surface area (Å²) in [6, 6.07) is 19.3. The molecule has 3 aromatic rings. The molecule has 1 saturated heterocycles. The van der Waals surface area contributed by atoms with Gasteiger partial charge in [-0.1, -0.05) is 49.4 Å². The van der Waals surface area contributed by atoms with Crippen LogP contribution in [0.25, 0.3) is 11.0 Å². The molecule has 0 unspecified atom stereocenters. The summed E-state index contributed by atoms with van der Waals surface area (Å²) < 4.78 is 5.85. The van der Waals surface area contributed by atoms with Crippen molar-refractivity contribution in [1.82, 2.24) is 15.1 Å². The molecule has 142 valence electrons. The fourth-order valence-corrected chi connectivity index (χ4v) is 3.74. The number of fused-ring (bicyclic) bond motifs is 1. The predicted molar refractivity (Wildman–Crippen MR) is 111 cm³/mol. The maximum Gasteiger partial charge on any atom is 0.134 e. The number of nitrogens with one attached hydrogen (secondary N) is 1. The number of para-hydroxylation sites is 1. The molecule has 1 aliphatic rings. The van der Waals surface area contributed by atoms with Gasteiger partial charge in [0.25, 0.3) is 0 Å². The molecule has 4 heteroatoms. The van der Waals surface area contributed by atoms with Crippen molar-refractivity contribution in [2.24, 2.45) is 0 Å². The second kappa shape index (κ2) is 8.70. The number of hydrogen-bond acceptors (Lipinski definition) is 4. The molecular weight excluding hydrogens is 334 g/mol. The van der Waals surface area contributed by atoms with E-state index in [1.807, 2.05) is 18.2 Å². The van der Waals surface area contributed by atoms with Gasteiger partial charge < -0.3 is 14.6 Å². The summed E-state index contributed by atoms with van der Waals surface area (Å²) >= 11 is 0. The van der Waals surface area contributed by atoms with Crippen LogP contribution in [0.15, 0.2) is 59.0 Å². The van der Waals surface area contributed by atoms with Crippen LogP contribution >= 0.6 is 0 Å².